The number of thiocarbonyl (C=S) groups is 1. The molecule has 1 aliphatic rings. The maximum Gasteiger partial charge on any atom is 0.238 e. The third-order valence-corrected chi connectivity index (χ3v) is 3.68. The summed E-state index contributed by atoms with van der Waals surface area (Å²) >= 11 is 4.91. The van der Waals surface area contributed by atoms with Gasteiger partial charge in [0.05, 0.1) is 11.5 Å². The van der Waals surface area contributed by atoms with Crippen molar-refractivity contribution in [1.82, 2.24) is 4.90 Å². The van der Waals surface area contributed by atoms with Gasteiger partial charge < -0.3 is 11.1 Å². The van der Waals surface area contributed by atoms with Crippen LogP contribution in [0.3, 0.4) is 0 Å². The molecule has 0 bridgehead atoms. The lowest BCUT2D eigenvalue weighted by Crippen LogP contribution is -2.37. The number of nitrogens with one attached hydrogen (secondary N) is 1. The van der Waals surface area contributed by atoms with Gasteiger partial charge in [0.2, 0.25) is 5.91 Å². The van der Waals surface area contributed by atoms with Crippen LogP contribution in [0.25, 0.3) is 0 Å². The van der Waals surface area contributed by atoms with Crippen molar-refractivity contribution in [2.45, 2.75) is 32.2 Å². The average molecular weight is 291 g/mol. The van der Waals surface area contributed by atoms with Crippen LogP contribution in [0.2, 0.25) is 0 Å². The van der Waals surface area contributed by atoms with Crippen molar-refractivity contribution in [3.05, 3.63) is 29.8 Å². The third-order valence-electron chi connectivity index (χ3n) is 3.47. The number of hydrogen-bond acceptors (Lipinski definition) is 3. The van der Waals surface area contributed by atoms with Crippen molar-refractivity contribution >= 4 is 28.8 Å². The fourth-order valence-electron chi connectivity index (χ4n) is 2.17. The minimum Gasteiger partial charge on any atom is -0.393 e. The number of rotatable bonds is 7. The van der Waals surface area contributed by atoms with Gasteiger partial charge in [0.1, 0.15) is 0 Å². The van der Waals surface area contributed by atoms with E-state index in [1.54, 1.807) is 0 Å². The third kappa shape index (κ3) is 4.58. The zero-order valence-corrected chi connectivity index (χ0v) is 12.6. The van der Waals surface area contributed by atoms with Crippen LogP contribution in [-0.4, -0.2) is 34.9 Å². The van der Waals surface area contributed by atoms with E-state index in [9.17, 15) is 4.79 Å². The van der Waals surface area contributed by atoms with E-state index in [2.05, 4.69) is 10.2 Å². The van der Waals surface area contributed by atoms with Crippen LogP contribution in [0.15, 0.2) is 24.3 Å². The molecular weight excluding hydrogens is 270 g/mol. The standard InChI is InChI=1S/C15H21N3OS/c1-11-4-2-3-5-13(11)17-15(19)10-18(12-6-7-12)9-8-14(16)20/h2-5,12H,6-10H2,1H3,(H2,16,20)(H,17,19). The molecule has 5 heteroatoms. The quantitative estimate of drug-likeness (QED) is 0.755. The van der Waals surface area contributed by atoms with Crippen LogP contribution in [0.5, 0.6) is 0 Å². The molecule has 0 heterocycles. The van der Waals surface area contributed by atoms with Gasteiger partial charge in [-0.15, -0.1) is 0 Å². The highest BCUT2D eigenvalue weighted by Gasteiger charge is 2.30. The summed E-state index contributed by atoms with van der Waals surface area (Å²) < 4.78 is 0. The second-order valence-electron chi connectivity index (χ2n) is 5.28. The number of hydrogen-bond donors (Lipinski definition) is 2. The van der Waals surface area contributed by atoms with E-state index in [1.807, 2.05) is 31.2 Å². The van der Waals surface area contributed by atoms with Gasteiger partial charge in [-0.2, -0.15) is 0 Å². The number of para-hydroxylation sites is 1. The Morgan fingerprint density at radius 1 is 1.45 bits per heavy atom. The van der Waals surface area contributed by atoms with Gasteiger partial charge >= 0.3 is 0 Å². The Morgan fingerprint density at radius 2 is 2.15 bits per heavy atom. The molecule has 20 heavy (non-hydrogen) atoms. The summed E-state index contributed by atoms with van der Waals surface area (Å²) in [6.45, 7) is 3.16. The molecule has 0 spiro atoms. The number of aryl methyl sites for hydroxylation is 1. The van der Waals surface area contributed by atoms with E-state index in [1.165, 1.54) is 0 Å². The highest BCUT2D eigenvalue weighted by atomic mass is 32.1. The lowest BCUT2D eigenvalue weighted by atomic mass is 10.2. The van der Waals surface area contributed by atoms with E-state index < -0.39 is 0 Å². The monoisotopic (exact) mass is 291 g/mol. The van der Waals surface area contributed by atoms with Crippen LogP contribution in [0, 0.1) is 6.92 Å². The van der Waals surface area contributed by atoms with Crippen molar-refractivity contribution in [2.24, 2.45) is 5.73 Å². The predicted octanol–water partition coefficient (Wildman–Crippen LogP) is 2.07. The van der Waals surface area contributed by atoms with Gasteiger partial charge in [-0.3, -0.25) is 9.69 Å². The van der Waals surface area contributed by atoms with Gasteiger partial charge in [0.15, 0.2) is 0 Å². The molecule has 0 atom stereocenters. The fraction of sp³-hybridized carbons (Fsp3) is 0.467. The zero-order valence-electron chi connectivity index (χ0n) is 11.8. The Balaban J connectivity index is 1.88. The van der Waals surface area contributed by atoms with Crippen LogP contribution in [0.4, 0.5) is 5.69 Å². The first-order chi connectivity index (χ1) is 9.56. The summed E-state index contributed by atoms with van der Waals surface area (Å²) in [7, 11) is 0. The Morgan fingerprint density at radius 3 is 2.75 bits per heavy atom. The molecule has 2 rings (SSSR count). The minimum atomic E-state index is 0.0224. The summed E-state index contributed by atoms with van der Waals surface area (Å²) in [6.07, 6.45) is 2.99. The van der Waals surface area contributed by atoms with E-state index >= 15 is 0 Å². The Hall–Kier alpha value is -1.46. The molecule has 1 amide bonds. The van der Waals surface area contributed by atoms with Crippen LogP contribution >= 0.6 is 12.2 Å². The molecule has 0 radical (unpaired) electrons. The molecule has 3 N–H and O–H groups in total. The van der Waals surface area contributed by atoms with Gasteiger partial charge in [-0.1, -0.05) is 30.4 Å². The molecule has 1 saturated carbocycles. The van der Waals surface area contributed by atoms with Gasteiger partial charge in [0, 0.05) is 24.7 Å². The first-order valence-electron chi connectivity index (χ1n) is 6.94. The van der Waals surface area contributed by atoms with Crippen molar-refractivity contribution < 1.29 is 4.79 Å². The van der Waals surface area contributed by atoms with Gasteiger partial charge in [-0.05, 0) is 31.4 Å². The van der Waals surface area contributed by atoms with E-state index in [4.69, 9.17) is 18.0 Å². The van der Waals surface area contributed by atoms with Crippen molar-refractivity contribution in [1.29, 1.82) is 0 Å². The lowest BCUT2D eigenvalue weighted by molar-refractivity contribution is -0.117. The van der Waals surface area contributed by atoms with E-state index in [0.29, 0.717) is 24.0 Å². The van der Waals surface area contributed by atoms with Crippen molar-refractivity contribution in [3.8, 4) is 0 Å². The molecule has 1 aromatic carbocycles. The summed E-state index contributed by atoms with van der Waals surface area (Å²) in [5.41, 5.74) is 7.49. The normalized spacial score (nSPS) is 14.3. The number of amides is 1. The van der Waals surface area contributed by atoms with Crippen molar-refractivity contribution in [3.63, 3.8) is 0 Å². The van der Waals surface area contributed by atoms with Crippen molar-refractivity contribution in [2.75, 3.05) is 18.4 Å². The summed E-state index contributed by atoms with van der Waals surface area (Å²) in [6, 6.07) is 8.31. The first-order valence-corrected chi connectivity index (χ1v) is 7.35. The molecule has 1 aliphatic carbocycles. The second kappa shape index (κ2) is 6.81. The SMILES string of the molecule is Cc1ccccc1NC(=O)CN(CCC(N)=S)C1CC1. The Labute approximate surface area is 125 Å². The maximum absolute atomic E-state index is 12.1. The van der Waals surface area contributed by atoms with E-state index in [0.717, 1.165) is 30.6 Å². The molecule has 0 aromatic heterocycles. The molecule has 108 valence electrons. The number of carbonyl (C=O) groups is 1. The minimum absolute atomic E-state index is 0.0224. The number of benzene rings is 1. The van der Waals surface area contributed by atoms with Gasteiger partial charge in [-0.25, -0.2) is 0 Å². The molecule has 0 unspecified atom stereocenters. The largest absolute Gasteiger partial charge is 0.393 e. The predicted molar refractivity (Wildman–Crippen MR) is 85.8 cm³/mol. The highest BCUT2D eigenvalue weighted by Crippen LogP contribution is 2.26. The van der Waals surface area contributed by atoms with Crippen LogP contribution in [-0.2, 0) is 4.79 Å². The Bertz CT molecular complexity index is 500. The fourth-order valence-corrected chi connectivity index (χ4v) is 2.26. The molecular formula is C15H21N3OS. The van der Waals surface area contributed by atoms with E-state index in [-0.39, 0.29) is 5.91 Å². The number of anilines is 1. The maximum atomic E-state index is 12.1. The van der Waals surface area contributed by atoms with Crippen LogP contribution < -0.4 is 11.1 Å². The second-order valence-corrected chi connectivity index (χ2v) is 5.81. The Kier molecular flexibility index (Phi) is 5.09. The number of carbonyl (C=O) groups excluding carboxylic acids is 1. The molecule has 0 aliphatic heterocycles. The molecule has 0 saturated heterocycles. The first kappa shape index (κ1) is 14.9. The zero-order chi connectivity index (χ0) is 14.5. The summed E-state index contributed by atoms with van der Waals surface area (Å²) in [4.78, 5) is 14.8. The number of nitrogens with two attached hydrogens (primary N) is 1. The summed E-state index contributed by atoms with van der Waals surface area (Å²) in [5.74, 6) is 0.0224. The topological polar surface area (TPSA) is 58.4 Å². The van der Waals surface area contributed by atoms with Gasteiger partial charge in [0.25, 0.3) is 0 Å². The lowest BCUT2D eigenvalue weighted by Gasteiger charge is -2.21. The molecule has 1 fully saturated rings. The highest BCUT2D eigenvalue weighted by molar-refractivity contribution is 7.80. The number of nitrogens with zero attached hydrogens (tertiary/aromatic N) is 1. The smallest absolute Gasteiger partial charge is 0.238 e. The van der Waals surface area contributed by atoms with Crippen LogP contribution in [0.1, 0.15) is 24.8 Å². The molecule has 4 nitrogen and oxygen atoms in total. The average Bonchev–Trinajstić information content (AvgIpc) is 3.21. The molecule has 1 aromatic rings. The summed E-state index contributed by atoms with van der Waals surface area (Å²) in [5, 5.41) is 2.97.